The summed E-state index contributed by atoms with van der Waals surface area (Å²) < 4.78 is 10.4. The van der Waals surface area contributed by atoms with Crippen molar-refractivity contribution >= 4 is 34.2 Å². The van der Waals surface area contributed by atoms with Crippen LogP contribution in [0.25, 0.3) is 11.0 Å². The predicted molar refractivity (Wildman–Crippen MR) is 99.1 cm³/mol. The lowest BCUT2D eigenvalue weighted by molar-refractivity contribution is -0.383. The van der Waals surface area contributed by atoms with Gasteiger partial charge in [-0.25, -0.2) is 4.79 Å². The molecule has 0 aliphatic heterocycles. The second kappa shape index (κ2) is 7.70. The van der Waals surface area contributed by atoms with E-state index in [0.717, 1.165) is 6.07 Å². The summed E-state index contributed by atoms with van der Waals surface area (Å²) in [7, 11) is 0. The summed E-state index contributed by atoms with van der Waals surface area (Å²) in [6.45, 7) is 1.29. The maximum atomic E-state index is 12.2. The van der Waals surface area contributed by atoms with E-state index in [9.17, 15) is 24.5 Å². The van der Waals surface area contributed by atoms with Crippen LogP contribution in [0.5, 0.6) is 0 Å². The number of amides is 1. The van der Waals surface area contributed by atoms with E-state index < -0.39 is 28.3 Å². The molecule has 0 bridgehead atoms. The molecule has 1 heterocycles. The summed E-state index contributed by atoms with van der Waals surface area (Å²) in [6, 6.07) is 12.9. The Balaban J connectivity index is 1.75. The third kappa shape index (κ3) is 3.88. The van der Waals surface area contributed by atoms with Crippen LogP contribution in [0, 0.1) is 10.1 Å². The summed E-state index contributed by atoms with van der Waals surface area (Å²) in [5, 5.41) is 13.6. The number of carbonyl (C=O) groups is 2. The molecule has 0 fully saturated rings. The number of benzene rings is 2. The number of esters is 1. The molecule has 3 rings (SSSR count). The van der Waals surface area contributed by atoms with Crippen molar-refractivity contribution < 1.29 is 23.7 Å². The topological polar surface area (TPSA) is 129 Å². The first-order valence-electron chi connectivity index (χ1n) is 8.15. The summed E-state index contributed by atoms with van der Waals surface area (Å²) in [6.07, 6.45) is -1.29. The van der Waals surface area contributed by atoms with Gasteiger partial charge in [-0.3, -0.25) is 19.7 Å². The first-order chi connectivity index (χ1) is 13.4. The highest BCUT2D eigenvalue weighted by Crippen LogP contribution is 2.23. The second-order valence-electron chi connectivity index (χ2n) is 5.78. The zero-order valence-corrected chi connectivity index (χ0v) is 14.6. The van der Waals surface area contributed by atoms with E-state index in [-0.39, 0.29) is 22.7 Å². The Hall–Kier alpha value is -4.01. The summed E-state index contributed by atoms with van der Waals surface area (Å²) in [5.41, 5.74) is -0.544. The third-order valence-electron chi connectivity index (χ3n) is 3.85. The van der Waals surface area contributed by atoms with Gasteiger partial charge in [-0.1, -0.05) is 24.3 Å². The number of carbonyl (C=O) groups excluding carboxylic acids is 2. The van der Waals surface area contributed by atoms with Crippen LogP contribution in [-0.2, 0) is 9.53 Å². The Morgan fingerprint density at radius 2 is 1.82 bits per heavy atom. The molecule has 0 saturated carbocycles. The molecule has 2 aromatic carbocycles. The molecule has 0 spiro atoms. The highest BCUT2D eigenvalue weighted by Gasteiger charge is 2.23. The third-order valence-corrected chi connectivity index (χ3v) is 3.85. The fourth-order valence-electron chi connectivity index (χ4n) is 2.45. The monoisotopic (exact) mass is 382 g/mol. The molecule has 0 saturated heterocycles. The second-order valence-corrected chi connectivity index (χ2v) is 5.78. The number of para-hydroxylation sites is 3. The van der Waals surface area contributed by atoms with Gasteiger partial charge >= 0.3 is 5.97 Å². The van der Waals surface area contributed by atoms with Crippen LogP contribution in [-0.4, -0.2) is 22.9 Å². The van der Waals surface area contributed by atoms with Crippen molar-refractivity contribution in [3.05, 3.63) is 80.7 Å². The lowest BCUT2D eigenvalue weighted by Gasteiger charge is -2.13. The van der Waals surface area contributed by atoms with Gasteiger partial charge in [0.05, 0.1) is 10.3 Å². The zero-order chi connectivity index (χ0) is 20.3. The lowest BCUT2D eigenvalue weighted by atomic mass is 10.2. The van der Waals surface area contributed by atoms with Crippen molar-refractivity contribution in [1.29, 1.82) is 0 Å². The van der Waals surface area contributed by atoms with Gasteiger partial charge < -0.3 is 14.5 Å². The van der Waals surface area contributed by atoms with Crippen molar-refractivity contribution in [2.45, 2.75) is 13.0 Å². The number of rotatable bonds is 5. The molecule has 0 aliphatic carbocycles. The minimum absolute atomic E-state index is 0.0300. The molecule has 0 aliphatic rings. The molecular formula is C19H14N2O7. The van der Waals surface area contributed by atoms with Gasteiger partial charge in [0.25, 0.3) is 11.6 Å². The average Bonchev–Trinajstić information content (AvgIpc) is 2.68. The highest BCUT2D eigenvalue weighted by atomic mass is 16.6. The molecule has 0 radical (unpaired) electrons. The van der Waals surface area contributed by atoms with Crippen molar-refractivity contribution in [2.75, 3.05) is 5.32 Å². The fourth-order valence-corrected chi connectivity index (χ4v) is 2.45. The van der Waals surface area contributed by atoms with Gasteiger partial charge in [-0.15, -0.1) is 0 Å². The van der Waals surface area contributed by atoms with Gasteiger partial charge in [-0.2, -0.15) is 0 Å². The van der Waals surface area contributed by atoms with Gasteiger partial charge in [0.15, 0.2) is 11.5 Å². The Morgan fingerprint density at radius 3 is 2.57 bits per heavy atom. The van der Waals surface area contributed by atoms with E-state index in [0.29, 0.717) is 5.39 Å². The highest BCUT2D eigenvalue weighted by molar-refractivity contribution is 5.98. The van der Waals surface area contributed by atoms with Crippen LogP contribution in [0.1, 0.15) is 17.5 Å². The standard InChI is InChI=1S/C19H14N2O7/c1-11(18(23)20-13-7-3-4-8-14(13)21(25)26)27-19(24)17-10-15(22)12-6-2-5-9-16(12)28-17/h2-11H,1H3,(H,20,23)/t11-/m0/s1. The molecule has 1 aromatic heterocycles. The van der Waals surface area contributed by atoms with Crippen molar-refractivity contribution in [3.8, 4) is 0 Å². The summed E-state index contributed by atoms with van der Waals surface area (Å²) >= 11 is 0. The lowest BCUT2D eigenvalue weighted by Crippen LogP contribution is -2.30. The minimum atomic E-state index is -1.29. The van der Waals surface area contributed by atoms with E-state index >= 15 is 0 Å². The maximum Gasteiger partial charge on any atom is 0.375 e. The molecule has 9 heteroatoms. The zero-order valence-electron chi connectivity index (χ0n) is 14.6. The van der Waals surface area contributed by atoms with Gasteiger partial charge in [0.2, 0.25) is 5.76 Å². The largest absolute Gasteiger partial charge is 0.449 e. The number of nitro benzene ring substituents is 1. The number of nitrogens with zero attached hydrogens (tertiary/aromatic N) is 1. The van der Waals surface area contributed by atoms with Crippen LogP contribution < -0.4 is 10.7 Å². The summed E-state index contributed by atoms with van der Waals surface area (Å²) in [5.74, 6) is -2.13. The SMILES string of the molecule is C[C@H](OC(=O)c1cc(=O)c2ccccc2o1)C(=O)Nc1ccccc1[N+](=O)[O-]. The van der Waals surface area contributed by atoms with Gasteiger partial charge in [0.1, 0.15) is 11.3 Å². The number of anilines is 1. The molecule has 0 unspecified atom stereocenters. The Kier molecular flexibility index (Phi) is 5.16. The molecule has 9 nitrogen and oxygen atoms in total. The Bertz CT molecular complexity index is 1140. The maximum absolute atomic E-state index is 12.2. The van der Waals surface area contributed by atoms with Crippen molar-refractivity contribution in [1.82, 2.24) is 0 Å². The van der Waals surface area contributed by atoms with Crippen LogP contribution in [0.15, 0.2) is 63.8 Å². The first-order valence-corrected chi connectivity index (χ1v) is 8.15. The van der Waals surface area contributed by atoms with Crippen molar-refractivity contribution in [3.63, 3.8) is 0 Å². The molecule has 1 amide bonds. The van der Waals surface area contributed by atoms with Crippen LogP contribution in [0.4, 0.5) is 11.4 Å². The Labute approximate surface area is 157 Å². The van der Waals surface area contributed by atoms with Gasteiger partial charge in [0, 0.05) is 12.1 Å². The normalized spacial score (nSPS) is 11.6. The molecule has 142 valence electrons. The first kappa shape index (κ1) is 18.8. The quantitative estimate of drug-likeness (QED) is 0.408. The minimum Gasteiger partial charge on any atom is -0.449 e. The molecule has 1 atom stereocenters. The van der Waals surface area contributed by atoms with E-state index in [2.05, 4.69) is 5.32 Å². The smallest absolute Gasteiger partial charge is 0.375 e. The predicted octanol–water partition coefficient (Wildman–Crippen LogP) is 2.89. The average molecular weight is 382 g/mol. The number of nitro groups is 1. The van der Waals surface area contributed by atoms with Crippen molar-refractivity contribution in [2.24, 2.45) is 0 Å². The van der Waals surface area contributed by atoms with E-state index in [4.69, 9.17) is 9.15 Å². The number of ether oxygens (including phenoxy) is 1. The van der Waals surface area contributed by atoms with E-state index in [1.807, 2.05) is 0 Å². The number of nitrogens with one attached hydrogen (secondary N) is 1. The van der Waals surface area contributed by atoms with E-state index in [1.54, 1.807) is 18.2 Å². The summed E-state index contributed by atoms with van der Waals surface area (Å²) in [4.78, 5) is 46.9. The van der Waals surface area contributed by atoms with Crippen LogP contribution in [0.2, 0.25) is 0 Å². The van der Waals surface area contributed by atoms with Crippen LogP contribution in [0.3, 0.4) is 0 Å². The Morgan fingerprint density at radius 1 is 1.14 bits per heavy atom. The number of hydrogen-bond donors (Lipinski definition) is 1. The van der Waals surface area contributed by atoms with Crippen LogP contribution >= 0.6 is 0 Å². The van der Waals surface area contributed by atoms with Gasteiger partial charge in [-0.05, 0) is 25.1 Å². The number of fused-ring (bicyclic) bond motifs is 1. The number of hydrogen-bond acceptors (Lipinski definition) is 7. The fraction of sp³-hybridized carbons (Fsp3) is 0.105. The molecule has 1 N–H and O–H groups in total. The molecule has 28 heavy (non-hydrogen) atoms. The molecular weight excluding hydrogens is 368 g/mol. The van der Waals surface area contributed by atoms with E-state index in [1.165, 1.54) is 37.3 Å². The molecule has 3 aromatic rings.